The lowest BCUT2D eigenvalue weighted by atomic mass is 10.2. The minimum Gasteiger partial charge on any atom is -0.365 e. The minimum absolute atomic E-state index is 0.0219. The molecule has 3 heterocycles. The number of H-pyrrole nitrogens is 1. The fraction of sp³-hybridized carbons (Fsp3) is 0.0526. The average molecular weight is 377 g/mol. The summed E-state index contributed by atoms with van der Waals surface area (Å²) in [7, 11) is 0. The van der Waals surface area contributed by atoms with Crippen molar-refractivity contribution in [2.75, 3.05) is 10.6 Å². The Morgan fingerprint density at radius 1 is 1.14 bits per heavy atom. The molecule has 0 spiro atoms. The zero-order valence-electron chi connectivity index (χ0n) is 14.6. The number of rotatable bonds is 6. The number of halogens is 1. The van der Waals surface area contributed by atoms with E-state index in [0.717, 1.165) is 17.0 Å². The summed E-state index contributed by atoms with van der Waals surface area (Å²) in [6.07, 6.45) is 4.97. The van der Waals surface area contributed by atoms with Crippen LogP contribution in [0.3, 0.4) is 0 Å². The van der Waals surface area contributed by atoms with Gasteiger partial charge in [-0.1, -0.05) is 6.07 Å². The van der Waals surface area contributed by atoms with Crippen molar-refractivity contribution < 1.29 is 9.18 Å². The molecule has 28 heavy (non-hydrogen) atoms. The fourth-order valence-electron chi connectivity index (χ4n) is 2.75. The van der Waals surface area contributed by atoms with Gasteiger partial charge in [0.1, 0.15) is 11.6 Å². The number of aromatic amines is 1. The van der Waals surface area contributed by atoms with Gasteiger partial charge in [0, 0.05) is 29.7 Å². The van der Waals surface area contributed by atoms with Gasteiger partial charge in [-0.05, 0) is 30.3 Å². The van der Waals surface area contributed by atoms with Gasteiger partial charge >= 0.3 is 0 Å². The molecule has 1 amide bonds. The molecule has 9 heteroatoms. The van der Waals surface area contributed by atoms with Gasteiger partial charge in [0.2, 0.25) is 0 Å². The molecule has 5 N–H and O–H groups in total. The molecule has 1 aromatic carbocycles. The maximum Gasteiger partial charge on any atom is 0.252 e. The normalized spacial score (nSPS) is 10.8. The van der Waals surface area contributed by atoms with Crippen molar-refractivity contribution in [1.82, 2.24) is 19.9 Å². The molecule has 140 valence electrons. The topological polar surface area (TPSA) is 122 Å². The Morgan fingerprint density at radius 2 is 2.04 bits per heavy atom. The number of primary amides is 1. The number of nitrogens with one attached hydrogen (secondary N) is 3. The van der Waals surface area contributed by atoms with Crippen molar-refractivity contribution in [3.8, 4) is 0 Å². The predicted molar refractivity (Wildman–Crippen MR) is 104 cm³/mol. The molecule has 0 aliphatic carbocycles. The lowest BCUT2D eigenvalue weighted by molar-refractivity contribution is 0.100. The summed E-state index contributed by atoms with van der Waals surface area (Å²) in [4.78, 5) is 27.2. The Kier molecular flexibility index (Phi) is 4.55. The highest BCUT2D eigenvalue weighted by molar-refractivity contribution is 5.99. The number of amides is 1. The standard InChI is InChI=1S/C19H16FN7O/c20-14-9-13(17(21)28)18(27-19(14)25-10-16-23-6-7-24-16)26-12-3-4-15-11(8-12)2-1-5-22-15/h1-9H,10H2,(H2,21,28)(H,23,24)(H2,25,26,27). The van der Waals surface area contributed by atoms with Crippen LogP contribution in [-0.2, 0) is 6.54 Å². The zero-order valence-corrected chi connectivity index (χ0v) is 14.6. The Balaban J connectivity index is 1.66. The van der Waals surface area contributed by atoms with Gasteiger partial charge in [-0.3, -0.25) is 9.78 Å². The van der Waals surface area contributed by atoms with E-state index in [1.165, 1.54) is 0 Å². The molecule has 8 nitrogen and oxygen atoms in total. The first-order chi connectivity index (χ1) is 13.6. The van der Waals surface area contributed by atoms with Gasteiger partial charge in [0.05, 0.1) is 17.6 Å². The zero-order chi connectivity index (χ0) is 19.5. The van der Waals surface area contributed by atoms with E-state index >= 15 is 0 Å². The molecule has 0 saturated carbocycles. The van der Waals surface area contributed by atoms with Gasteiger partial charge in [-0.25, -0.2) is 14.4 Å². The van der Waals surface area contributed by atoms with Crippen LogP contribution in [0.2, 0.25) is 0 Å². The van der Waals surface area contributed by atoms with Crippen LogP contribution in [0.25, 0.3) is 10.9 Å². The highest BCUT2D eigenvalue weighted by Gasteiger charge is 2.16. The van der Waals surface area contributed by atoms with Gasteiger partial charge in [0.25, 0.3) is 5.91 Å². The van der Waals surface area contributed by atoms with Crippen molar-refractivity contribution in [1.29, 1.82) is 0 Å². The van der Waals surface area contributed by atoms with E-state index in [0.29, 0.717) is 11.5 Å². The molecule has 0 bridgehead atoms. The van der Waals surface area contributed by atoms with Crippen LogP contribution in [-0.4, -0.2) is 25.8 Å². The molecule has 0 aliphatic rings. The maximum atomic E-state index is 14.4. The summed E-state index contributed by atoms with van der Waals surface area (Å²) in [5, 5.41) is 6.80. The molecule has 4 aromatic rings. The third-order valence-corrected chi connectivity index (χ3v) is 4.09. The lowest BCUT2D eigenvalue weighted by Gasteiger charge is -2.13. The van der Waals surface area contributed by atoms with E-state index in [4.69, 9.17) is 5.73 Å². The van der Waals surface area contributed by atoms with Crippen LogP contribution in [0.1, 0.15) is 16.2 Å². The monoisotopic (exact) mass is 377 g/mol. The average Bonchev–Trinajstić information content (AvgIpc) is 3.21. The number of carbonyl (C=O) groups is 1. The van der Waals surface area contributed by atoms with Crippen molar-refractivity contribution in [2.45, 2.75) is 6.54 Å². The van der Waals surface area contributed by atoms with Crippen LogP contribution < -0.4 is 16.4 Å². The first-order valence-corrected chi connectivity index (χ1v) is 8.44. The van der Waals surface area contributed by atoms with Gasteiger partial charge in [0.15, 0.2) is 11.6 Å². The van der Waals surface area contributed by atoms with Crippen LogP contribution in [0, 0.1) is 5.82 Å². The summed E-state index contributed by atoms with van der Waals surface area (Å²) in [5.41, 5.74) is 6.84. The summed E-state index contributed by atoms with van der Waals surface area (Å²) in [5.74, 6) is -0.718. The van der Waals surface area contributed by atoms with E-state index in [2.05, 4.69) is 30.6 Å². The first kappa shape index (κ1) is 17.4. The minimum atomic E-state index is -0.783. The molecule has 0 saturated heterocycles. The largest absolute Gasteiger partial charge is 0.365 e. The van der Waals surface area contributed by atoms with E-state index in [-0.39, 0.29) is 23.7 Å². The summed E-state index contributed by atoms with van der Waals surface area (Å²) >= 11 is 0. The molecule has 0 fully saturated rings. The smallest absolute Gasteiger partial charge is 0.252 e. The molecular weight excluding hydrogens is 361 g/mol. The molecule has 0 unspecified atom stereocenters. The SMILES string of the molecule is NC(=O)c1cc(F)c(NCc2ncc[nH]2)nc1Nc1ccc2ncccc2c1. The van der Waals surface area contributed by atoms with Crippen molar-refractivity contribution in [2.24, 2.45) is 5.73 Å². The van der Waals surface area contributed by atoms with E-state index in [1.807, 2.05) is 24.3 Å². The summed E-state index contributed by atoms with van der Waals surface area (Å²) < 4.78 is 14.4. The number of carbonyl (C=O) groups excluding carboxylic acids is 1. The molecular formula is C19H16FN7O. The fourth-order valence-corrected chi connectivity index (χ4v) is 2.75. The first-order valence-electron chi connectivity index (χ1n) is 8.44. The second kappa shape index (κ2) is 7.31. The molecule has 0 radical (unpaired) electrons. The number of hydrogen-bond donors (Lipinski definition) is 4. The highest BCUT2D eigenvalue weighted by Crippen LogP contribution is 2.25. The Labute approximate surface area is 159 Å². The molecule has 0 atom stereocenters. The van der Waals surface area contributed by atoms with Gasteiger partial charge in [-0.15, -0.1) is 0 Å². The number of anilines is 3. The number of hydrogen-bond acceptors (Lipinski definition) is 6. The Morgan fingerprint density at radius 3 is 2.82 bits per heavy atom. The number of nitrogens with zero attached hydrogens (tertiary/aromatic N) is 3. The van der Waals surface area contributed by atoms with E-state index in [1.54, 1.807) is 24.7 Å². The van der Waals surface area contributed by atoms with Gasteiger partial charge < -0.3 is 21.4 Å². The van der Waals surface area contributed by atoms with Crippen LogP contribution in [0.4, 0.5) is 21.7 Å². The predicted octanol–water partition coefficient (Wildman–Crippen LogP) is 2.95. The summed E-state index contributed by atoms with van der Waals surface area (Å²) in [6, 6.07) is 10.3. The number of pyridine rings is 2. The second-order valence-electron chi connectivity index (χ2n) is 6.00. The number of benzene rings is 1. The molecule has 0 aliphatic heterocycles. The molecule has 3 aromatic heterocycles. The van der Waals surface area contributed by atoms with Crippen molar-refractivity contribution >= 4 is 34.1 Å². The van der Waals surface area contributed by atoms with E-state index in [9.17, 15) is 9.18 Å². The Bertz CT molecular complexity index is 1140. The number of imidazole rings is 1. The number of aromatic nitrogens is 4. The lowest BCUT2D eigenvalue weighted by Crippen LogP contribution is -2.16. The number of nitrogens with two attached hydrogens (primary N) is 1. The van der Waals surface area contributed by atoms with Crippen LogP contribution in [0.5, 0.6) is 0 Å². The van der Waals surface area contributed by atoms with Crippen LogP contribution in [0.15, 0.2) is 55.0 Å². The van der Waals surface area contributed by atoms with Crippen LogP contribution >= 0.6 is 0 Å². The van der Waals surface area contributed by atoms with Gasteiger partial charge in [-0.2, -0.15) is 0 Å². The highest BCUT2D eigenvalue weighted by atomic mass is 19.1. The maximum absolute atomic E-state index is 14.4. The second-order valence-corrected chi connectivity index (χ2v) is 6.00. The number of fused-ring (bicyclic) bond motifs is 1. The quantitative estimate of drug-likeness (QED) is 0.410. The van der Waals surface area contributed by atoms with Crippen molar-refractivity contribution in [3.63, 3.8) is 0 Å². The molecule has 4 rings (SSSR count). The van der Waals surface area contributed by atoms with Crippen molar-refractivity contribution in [3.05, 3.63) is 72.2 Å². The third-order valence-electron chi connectivity index (χ3n) is 4.09. The third kappa shape index (κ3) is 3.58. The summed E-state index contributed by atoms with van der Waals surface area (Å²) in [6.45, 7) is 0.244. The van der Waals surface area contributed by atoms with E-state index < -0.39 is 11.7 Å². The Hall–Kier alpha value is -4.01.